The maximum absolute atomic E-state index is 9.10. The van der Waals surface area contributed by atoms with Crippen molar-refractivity contribution in [3.05, 3.63) is 24.3 Å². The first-order valence-corrected chi connectivity index (χ1v) is 8.96. The molecule has 0 aromatic heterocycles. The van der Waals surface area contributed by atoms with Crippen molar-refractivity contribution in [2.45, 2.75) is 45.6 Å². The number of hydrogen-bond donors (Lipinski definition) is 2. The molecule has 7 nitrogen and oxygen atoms in total. The molecule has 26 heavy (non-hydrogen) atoms. The smallest absolute Gasteiger partial charge is 0.414 e. The average molecular weight is 367 g/mol. The largest absolute Gasteiger partial charge is 0.492 e. The summed E-state index contributed by atoms with van der Waals surface area (Å²) < 4.78 is 11.4. The Balaban J connectivity index is 0.000000487. The zero-order valence-electron chi connectivity index (χ0n) is 15.5. The number of hydrogen-bond acceptors (Lipinski definition) is 5. The van der Waals surface area contributed by atoms with Crippen LogP contribution in [0.3, 0.4) is 0 Å². The summed E-state index contributed by atoms with van der Waals surface area (Å²) in [7, 11) is 0. The fourth-order valence-corrected chi connectivity index (χ4v) is 2.54. The molecule has 1 saturated heterocycles. The minimum atomic E-state index is -1.82. The Kier molecular flexibility index (Phi) is 10.2. The summed E-state index contributed by atoms with van der Waals surface area (Å²) in [5.74, 6) is -1.82. The van der Waals surface area contributed by atoms with Gasteiger partial charge in [0, 0.05) is 6.54 Å². The number of carboxylic acid groups (broad SMARTS) is 2. The van der Waals surface area contributed by atoms with Gasteiger partial charge >= 0.3 is 11.9 Å². The molecule has 1 aliphatic heterocycles. The number of benzene rings is 1. The molecule has 1 aromatic carbocycles. The Labute approximate surface area is 154 Å². The van der Waals surface area contributed by atoms with Crippen molar-refractivity contribution in [1.29, 1.82) is 0 Å². The van der Waals surface area contributed by atoms with Crippen LogP contribution in [0.4, 0.5) is 0 Å². The highest BCUT2D eigenvalue weighted by Crippen LogP contribution is 2.18. The van der Waals surface area contributed by atoms with Crippen LogP contribution in [0, 0.1) is 0 Å². The van der Waals surface area contributed by atoms with E-state index in [1.807, 2.05) is 38.1 Å². The zero-order chi connectivity index (χ0) is 19.4. The van der Waals surface area contributed by atoms with Gasteiger partial charge < -0.3 is 19.7 Å². The highest BCUT2D eigenvalue weighted by molar-refractivity contribution is 6.27. The summed E-state index contributed by atoms with van der Waals surface area (Å²) in [5.41, 5.74) is 0. The lowest BCUT2D eigenvalue weighted by molar-refractivity contribution is -0.159. The molecule has 1 aromatic rings. The van der Waals surface area contributed by atoms with Crippen molar-refractivity contribution >= 4 is 11.9 Å². The van der Waals surface area contributed by atoms with E-state index in [0.717, 1.165) is 24.7 Å². The molecule has 0 aliphatic carbocycles. The number of carbonyl (C=O) groups is 2. The summed E-state index contributed by atoms with van der Waals surface area (Å²) >= 11 is 0. The average Bonchev–Trinajstić information content (AvgIpc) is 2.85. The first kappa shape index (κ1) is 21.8. The molecule has 0 radical (unpaired) electrons. The van der Waals surface area contributed by atoms with Gasteiger partial charge in [-0.2, -0.15) is 0 Å². The molecule has 0 saturated carbocycles. The van der Waals surface area contributed by atoms with Crippen LogP contribution in [0.2, 0.25) is 0 Å². The molecule has 1 heterocycles. The van der Waals surface area contributed by atoms with Crippen molar-refractivity contribution in [3.8, 4) is 11.5 Å². The van der Waals surface area contributed by atoms with E-state index < -0.39 is 11.9 Å². The fraction of sp³-hybridized carbons (Fsp3) is 0.579. The first-order valence-electron chi connectivity index (χ1n) is 8.96. The highest BCUT2D eigenvalue weighted by atomic mass is 16.5. The fourth-order valence-electron chi connectivity index (χ4n) is 2.54. The van der Waals surface area contributed by atoms with Crippen LogP contribution in [0.5, 0.6) is 11.5 Å². The lowest BCUT2D eigenvalue weighted by Gasteiger charge is -2.19. The van der Waals surface area contributed by atoms with E-state index in [-0.39, 0.29) is 6.10 Å². The SMILES string of the molecule is CC(C)Oc1ccc(OCCN2CCCCCC2)cc1.O=C(O)C(=O)O. The number of carboxylic acids is 2. The van der Waals surface area contributed by atoms with Crippen LogP contribution in [0.25, 0.3) is 0 Å². The van der Waals surface area contributed by atoms with Crippen LogP contribution < -0.4 is 9.47 Å². The van der Waals surface area contributed by atoms with Crippen molar-refractivity contribution in [2.24, 2.45) is 0 Å². The summed E-state index contributed by atoms with van der Waals surface area (Å²) in [4.78, 5) is 20.7. The van der Waals surface area contributed by atoms with Gasteiger partial charge in [0.2, 0.25) is 0 Å². The van der Waals surface area contributed by atoms with E-state index in [2.05, 4.69) is 4.90 Å². The van der Waals surface area contributed by atoms with Gasteiger partial charge in [0.15, 0.2) is 0 Å². The quantitative estimate of drug-likeness (QED) is 0.746. The van der Waals surface area contributed by atoms with Gasteiger partial charge in [-0.3, -0.25) is 4.90 Å². The van der Waals surface area contributed by atoms with Gasteiger partial charge in [-0.15, -0.1) is 0 Å². The third-order valence-corrected chi connectivity index (χ3v) is 3.75. The summed E-state index contributed by atoms with van der Waals surface area (Å²) in [6.07, 6.45) is 5.65. The monoisotopic (exact) mass is 367 g/mol. The van der Waals surface area contributed by atoms with Crippen molar-refractivity contribution in [2.75, 3.05) is 26.2 Å². The standard InChI is InChI=1S/C17H27NO2.C2H2O4/c1-15(2)20-17-9-7-16(8-10-17)19-14-13-18-11-5-3-4-6-12-18;3-1(4)2(5)6/h7-10,15H,3-6,11-14H2,1-2H3;(H,3,4)(H,5,6). The lowest BCUT2D eigenvalue weighted by Crippen LogP contribution is -2.29. The second kappa shape index (κ2) is 12.1. The third-order valence-electron chi connectivity index (χ3n) is 3.75. The highest BCUT2D eigenvalue weighted by Gasteiger charge is 2.08. The Hall–Kier alpha value is -2.28. The summed E-state index contributed by atoms with van der Waals surface area (Å²) in [6.45, 7) is 8.32. The van der Waals surface area contributed by atoms with Gasteiger partial charge in [-0.05, 0) is 64.0 Å². The normalized spacial score (nSPS) is 14.7. The molecule has 2 N–H and O–H groups in total. The predicted octanol–water partition coefficient (Wildman–Crippen LogP) is 2.88. The van der Waals surface area contributed by atoms with Crippen molar-refractivity contribution in [3.63, 3.8) is 0 Å². The van der Waals surface area contributed by atoms with Gasteiger partial charge in [-0.1, -0.05) is 12.8 Å². The van der Waals surface area contributed by atoms with Crippen molar-refractivity contribution in [1.82, 2.24) is 4.90 Å². The van der Waals surface area contributed by atoms with E-state index in [1.165, 1.54) is 38.8 Å². The van der Waals surface area contributed by atoms with Crippen LogP contribution in [0.15, 0.2) is 24.3 Å². The molecule has 0 unspecified atom stereocenters. The number of likely N-dealkylation sites (tertiary alicyclic amines) is 1. The van der Waals surface area contributed by atoms with Crippen LogP contribution >= 0.6 is 0 Å². The minimum Gasteiger partial charge on any atom is -0.492 e. The predicted molar refractivity (Wildman–Crippen MR) is 97.9 cm³/mol. The van der Waals surface area contributed by atoms with Crippen LogP contribution in [-0.2, 0) is 9.59 Å². The molecule has 7 heteroatoms. The minimum absolute atomic E-state index is 0.213. The van der Waals surface area contributed by atoms with Crippen LogP contribution in [-0.4, -0.2) is 59.4 Å². The van der Waals surface area contributed by atoms with Gasteiger partial charge in [-0.25, -0.2) is 9.59 Å². The third kappa shape index (κ3) is 9.88. The maximum atomic E-state index is 9.10. The number of nitrogens with zero attached hydrogens (tertiary/aromatic N) is 1. The molecule has 0 spiro atoms. The second-order valence-corrected chi connectivity index (χ2v) is 6.35. The molecule has 0 bridgehead atoms. The number of ether oxygens (including phenoxy) is 2. The molecular weight excluding hydrogens is 338 g/mol. The molecule has 0 amide bonds. The van der Waals surface area contributed by atoms with E-state index in [1.54, 1.807) is 0 Å². The molecule has 2 rings (SSSR count). The second-order valence-electron chi connectivity index (χ2n) is 6.35. The summed E-state index contributed by atoms with van der Waals surface area (Å²) in [5, 5.41) is 14.8. The lowest BCUT2D eigenvalue weighted by atomic mass is 10.2. The Morgan fingerprint density at radius 1 is 0.962 bits per heavy atom. The van der Waals surface area contributed by atoms with Gasteiger partial charge in [0.25, 0.3) is 0 Å². The number of rotatable bonds is 6. The zero-order valence-corrected chi connectivity index (χ0v) is 15.5. The molecule has 0 atom stereocenters. The van der Waals surface area contributed by atoms with Crippen molar-refractivity contribution < 1.29 is 29.3 Å². The van der Waals surface area contributed by atoms with E-state index in [0.29, 0.717) is 0 Å². The molecule has 146 valence electrons. The van der Waals surface area contributed by atoms with E-state index >= 15 is 0 Å². The molecule has 1 fully saturated rings. The molecule has 1 aliphatic rings. The maximum Gasteiger partial charge on any atom is 0.414 e. The summed E-state index contributed by atoms with van der Waals surface area (Å²) in [6, 6.07) is 7.92. The number of aliphatic carboxylic acids is 2. The van der Waals surface area contributed by atoms with E-state index in [9.17, 15) is 0 Å². The van der Waals surface area contributed by atoms with Gasteiger partial charge in [0.1, 0.15) is 18.1 Å². The van der Waals surface area contributed by atoms with Crippen LogP contribution in [0.1, 0.15) is 39.5 Å². The van der Waals surface area contributed by atoms with Gasteiger partial charge in [0.05, 0.1) is 6.10 Å². The van der Waals surface area contributed by atoms with E-state index in [4.69, 9.17) is 29.3 Å². The molecular formula is C19H29NO6. The topological polar surface area (TPSA) is 96.3 Å². The Morgan fingerprint density at radius 3 is 1.92 bits per heavy atom. The first-order chi connectivity index (χ1) is 12.4. The Morgan fingerprint density at radius 2 is 1.46 bits per heavy atom. The Bertz CT molecular complexity index is 523.